The molecule has 0 bridgehead atoms. The molecule has 0 spiro atoms. The molecule has 0 unspecified atom stereocenters. The van der Waals surface area contributed by atoms with Crippen molar-refractivity contribution < 1.29 is 9.18 Å². The molecule has 5 nitrogen and oxygen atoms in total. The van der Waals surface area contributed by atoms with Crippen molar-refractivity contribution in [3.05, 3.63) is 90.0 Å². The predicted octanol–water partition coefficient (Wildman–Crippen LogP) is 3.80. The van der Waals surface area contributed by atoms with Crippen LogP contribution >= 0.6 is 0 Å². The highest BCUT2D eigenvalue weighted by atomic mass is 19.1. The van der Waals surface area contributed by atoms with Gasteiger partial charge >= 0.3 is 0 Å². The second kappa shape index (κ2) is 8.84. The van der Waals surface area contributed by atoms with Crippen LogP contribution in [0.4, 0.5) is 15.8 Å². The van der Waals surface area contributed by atoms with Crippen molar-refractivity contribution in [2.75, 3.05) is 36.4 Å². The second-order valence-electron chi connectivity index (χ2n) is 7.11. The number of nitrogens with one attached hydrogen (secondary N) is 1. The zero-order valence-electron chi connectivity index (χ0n) is 16.1. The largest absolute Gasteiger partial charge is 0.369 e. The molecule has 29 heavy (non-hydrogen) atoms. The van der Waals surface area contributed by atoms with E-state index in [4.69, 9.17) is 0 Å². The molecule has 148 valence electrons. The average molecular weight is 390 g/mol. The lowest BCUT2D eigenvalue weighted by Gasteiger charge is -2.36. The predicted molar refractivity (Wildman–Crippen MR) is 113 cm³/mol. The summed E-state index contributed by atoms with van der Waals surface area (Å²) >= 11 is 0. The molecule has 1 aliphatic rings. The number of hydrogen-bond acceptors (Lipinski definition) is 4. The number of hydrogen-bond donors (Lipinski definition) is 1. The van der Waals surface area contributed by atoms with Crippen LogP contribution in [0, 0.1) is 5.82 Å². The lowest BCUT2D eigenvalue weighted by molar-refractivity contribution is 0.102. The van der Waals surface area contributed by atoms with Crippen LogP contribution in [-0.2, 0) is 6.54 Å². The van der Waals surface area contributed by atoms with E-state index in [1.807, 2.05) is 12.1 Å². The van der Waals surface area contributed by atoms with E-state index in [0.29, 0.717) is 11.4 Å². The van der Waals surface area contributed by atoms with Crippen LogP contribution in [-0.4, -0.2) is 42.0 Å². The Morgan fingerprint density at radius 2 is 1.76 bits per heavy atom. The van der Waals surface area contributed by atoms with Crippen molar-refractivity contribution in [1.29, 1.82) is 0 Å². The fraction of sp³-hybridized carbons (Fsp3) is 0.217. The number of amides is 1. The zero-order valence-corrected chi connectivity index (χ0v) is 16.1. The number of carbonyl (C=O) groups is 1. The van der Waals surface area contributed by atoms with E-state index < -0.39 is 5.82 Å². The first-order valence-electron chi connectivity index (χ1n) is 9.71. The number of nitrogens with zero attached hydrogens (tertiary/aromatic N) is 3. The topological polar surface area (TPSA) is 48.5 Å². The minimum atomic E-state index is -0.391. The number of piperazine rings is 1. The highest BCUT2D eigenvalue weighted by Gasteiger charge is 2.18. The summed E-state index contributed by atoms with van der Waals surface area (Å²) in [5, 5.41) is 2.70. The minimum Gasteiger partial charge on any atom is -0.369 e. The Morgan fingerprint density at radius 3 is 2.52 bits per heavy atom. The van der Waals surface area contributed by atoms with Crippen molar-refractivity contribution in [3.63, 3.8) is 0 Å². The van der Waals surface area contributed by atoms with Crippen molar-refractivity contribution >= 4 is 17.3 Å². The lowest BCUT2D eigenvalue weighted by Crippen LogP contribution is -2.46. The van der Waals surface area contributed by atoms with Gasteiger partial charge in [0.05, 0.1) is 0 Å². The van der Waals surface area contributed by atoms with E-state index in [1.165, 1.54) is 17.7 Å². The minimum absolute atomic E-state index is 0.318. The van der Waals surface area contributed by atoms with Crippen LogP contribution in [0.1, 0.15) is 16.1 Å². The molecule has 2 aromatic carbocycles. The molecule has 6 heteroatoms. The molecule has 0 aliphatic carbocycles. The van der Waals surface area contributed by atoms with E-state index in [-0.39, 0.29) is 5.91 Å². The van der Waals surface area contributed by atoms with E-state index in [0.717, 1.165) is 38.4 Å². The number of halogens is 1. The third-order valence-electron chi connectivity index (χ3n) is 5.05. The van der Waals surface area contributed by atoms with Crippen molar-refractivity contribution in [2.45, 2.75) is 6.54 Å². The molecule has 1 amide bonds. The van der Waals surface area contributed by atoms with Crippen LogP contribution in [0.25, 0.3) is 0 Å². The molecule has 1 saturated heterocycles. The number of anilines is 2. The van der Waals surface area contributed by atoms with Crippen molar-refractivity contribution in [2.24, 2.45) is 0 Å². The summed E-state index contributed by atoms with van der Waals surface area (Å²) in [6.45, 7) is 4.65. The van der Waals surface area contributed by atoms with Gasteiger partial charge in [-0.15, -0.1) is 0 Å². The monoisotopic (exact) mass is 390 g/mol. The molecule has 3 aromatic rings. The Hall–Kier alpha value is -3.25. The first-order valence-corrected chi connectivity index (χ1v) is 9.71. The van der Waals surface area contributed by atoms with E-state index in [2.05, 4.69) is 44.4 Å². The summed E-state index contributed by atoms with van der Waals surface area (Å²) in [5.41, 5.74) is 3.03. The van der Waals surface area contributed by atoms with Crippen LogP contribution < -0.4 is 10.2 Å². The molecule has 1 aromatic heterocycles. The molecule has 0 radical (unpaired) electrons. The van der Waals surface area contributed by atoms with Crippen LogP contribution in [0.2, 0.25) is 0 Å². The summed E-state index contributed by atoms with van der Waals surface area (Å²) in [7, 11) is 0. The molecule has 1 aliphatic heterocycles. The summed E-state index contributed by atoms with van der Waals surface area (Å²) in [6, 6.07) is 20.0. The summed E-state index contributed by atoms with van der Waals surface area (Å²) < 4.78 is 13.3. The average Bonchev–Trinajstić information content (AvgIpc) is 2.75. The van der Waals surface area contributed by atoms with Gasteiger partial charge in [-0.05, 0) is 35.9 Å². The third kappa shape index (κ3) is 4.97. The summed E-state index contributed by atoms with van der Waals surface area (Å²) in [5.74, 6) is -0.738. The Kier molecular flexibility index (Phi) is 5.81. The number of carbonyl (C=O) groups excluding carboxylic acids is 1. The van der Waals surface area contributed by atoms with Gasteiger partial charge in [0.15, 0.2) is 0 Å². The van der Waals surface area contributed by atoms with Gasteiger partial charge in [0.25, 0.3) is 5.91 Å². The van der Waals surface area contributed by atoms with Gasteiger partial charge in [0.2, 0.25) is 0 Å². The van der Waals surface area contributed by atoms with E-state index in [9.17, 15) is 9.18 Å². The van der Waals surface area contributed by atoms with Gasteiger partial charge in [-0.2, -0.15) is 0 Å². The molecule has 0 atom stereocenters. The maximum absolute atomic E-state index is 13.3. The normalized spacial score (nSPS) is 14.6. The van der Waals surface area contributed by atoms with Crippen LogP contribution in [0.3, 0.4) is 0 Å². The molecule has 2 heterocycles. The van der Waals surface area contributed by atoms with Gasteiger partial charge in [0, 0.05) is 50.3 Å². The Morgan fingerprint density at radius 1 is 0.966 bits per heavy atom. The maximum Gasteiger partial charge on any atom is 0.274 e. The van der Waals surface area contributed by atoms with Crippen molar-refractivity contribution in [3.8, 4) is 0 Å². The van der Waals surface area contributed by atoms with Gasteiger partial charge in [0.1, 0.15) is 11.5 Å². The molecular formula is C23H23FN4O. The molecule has 0 saturated carbocycles. The second-order valence-corrected chi connectivity index (χ2v) is 7.11. The smallest absolute Gasteiger partial charge is 0.274 e. The Bertz CT molecular complexity index is 971. The van der Waals surface area contributed by atoms with Crippen LogP contribution in [0.15, 0.2) is 72.9 Å². The number of aromatic nitrogens is 1. The van der Waals surface area contributed by atoms with Gasteiger partial charge in [-0.25, -0.2) is 4.39 Å². The Balaban J connectivity index is 1.37. The van der Waals surface area contributed by atoms with E-state index >= 15 is 0 Å². The van der Waals surface area contributed by atoms with Gasteiger partial charge < -0.3 is 10.2 Å². The lowest BCUT2D eigenvalue weighted by atomic mass is 10.2. The standard InChI is InChI=1S/C23H23FN4O/c24-19-7-4-8-20(15-19)26-23(29)22-16-21(9-10-25-22)28-13-11-27(12-14-28)17-18-5-2-1-3-6-18/h1-10,15-16H,11-14,17H2,(H,26,29). The van der Waals surface area contributed by atoms with Crippen LogP contribution in [0.5, 0.6) is 0 Å². The number of benzene rings is 2. The maximum atomic E-state index is 13.3. The van der Waals surface area contributed by atoms with Gasteiger partial charge in [-0.1, -0.05) is 36.4 Å². The third-order valence-corrected chi connectivity index (χ3v) is 5.05. The highest BCUT2D eigenvalue weighted by Crippen LogP contribution is 2.19. The summed E-state index contributed by atoms with van der Waals surface area (Å²) in [6.07, 6.45) is 1.65. The fourth-order valence-corrected chi connectivity index (χ4v) is 3.51. The van der Waals surface area contributed by atoms with E-state index in [1.54, 1.807) is 24.4 Å². The molecule has 1 fully saturated rings. The number of rotatable bonds is 5. The molecule has 4 rings (SSSR count). The highest BCUT2D eigenvalue weighted by molar-refractivity contribution is 6.03. The SMILES string of the molecule is O=C(Nc1cccc(F)c1)c1cc(N2CCN(Cc3ccccc3)CC2)ccn1. The zero-order chi connectivity index (χ0) is 20.1. The van der Waals surface area contributed by atoms with Gasteiger partial charge in [-0.3, -0.25) is 14.7 Å². The molecule has 1 N–H and O–H groups in total. The first kappa shape index (κ1) is 19.1. The first-order chi connectivity index (χ1) is 14.2. The quantitative estimate of drug-likeness (QED) is 0.720. The number of pyridine rings is 1. The fourth-order valence-electron chi connectivity index (χ4n) is 3.51. The summed E-state index contributed by atoms with van der Waals surface area (Å²) in [4.78, 5) is 21.4. The van der Waals surface area contributed by atoms with Crippen molar-refractivity contribution in [1.82, 2.24) is 9.88 Å². The Labute approximate surface area is 169 Å². The molecular weight excluding hydrogens is 367 g/mol.